The van der Waals surface area contributed by atoms with Gasteiger partial charge in [-0.3, -0.25) is 4.79 Å². The molecule has 1 aliphatic rings. The Kier molecular flexibility index (Phi) is 4.05. The Bertz CT molecular complexity index is 279. The van der Waals surface area contributed by atoms with Crippen molar-refractivity contribution in [1.82, 2.24) is 10.1 Å². The molecular formula is C8H15N4O4-. The van der Waals surface area contributed by atoms with E-state index in [2.05, 4.69) is 10.6 Å². The number of aliphatic hydroxyl groups is 2. The van der Waals surface area contributed by atoms with Crippen molar-refractivity contribution in [3.8, 4) is 0 Å². The molecular weight excluding hydrogens is 216 g/mol. The molecule has 1 aliphatic heterocycles. The van der Waals surface area contributed by atoms with Gasteiger partial charge in [0.2, 0.25) is 0 Å². The highest BCUT2D eigenvalue weighted by Crippen LogP contribution is 2.17. The SMILES string of the molecule is CN1C=NN(COC(=O)C(C)(CO)CO)[N-]1. The fourth-order valence-electron chi connectivity index (χ4n) is 0.872. The molecule has 0 unspecified atom stereocenters. The van der Waals surface area contributed by atoms with Crippen LogP contribution in [0.4, 0.5) is 0 Å². The molecule has 0 aromatic heterocycles. The molecule has 0 aliphatic carbocycles. The predicted molar refractivity (Wildman–Crippen MR) is 54.7 cm³/mol. The number of carbonyl (C=O) groups excluding carboxylic acids is 1. The molecule has 0 saturated carbocycles. The van der Waals surface area contributed by atoms with Crippen molar-refractivity contribution >= 4 is 12.3 Å². The second-order valence-corrected chi connectivity index (χ2v) is 3.70. The summed E-state index contributed by atoms with van der Waals surface area (Å²) in [5.74, 6) is -0.697. The van der Waals surface area contributed by atoms with Crippen LogP contribution in [-0.4, -0.2) is 59.6 Å². The summed E-state index contributed by atoms with van der Waals surface area (Å²) in [7, 11) is 1.68. The second-order valence-electron chi connectivity index (χ2n) is 3.70. The number of hydrogen-bond acceptors (Lipinski definition) is 7. The van der Waals surface area contributed by atoms with Gasteiger partial charge in [0.25, 0.3) is 0 Å². The lowest BCUT2D eigenvalue weighted by Gasteiger charge is -2.33. The molecule has 16 heavy (non-hydrogen) atoms. The molecule has 92 valence electrons. The van der Waals surface area contributed by atoms with Crippen molar-refractivity contribution in [2.45, 2.75) is 6.92 Å². The van der Waals surface area contributed by atoms with Crippen LogP contribution in [0.2, 0.25) is 0 Å². The average molecular weight is 231 g/mol. The van der Waals surface area contributed by atoms with Crippen molar-refractivity contribution in [3.05, 3.63) is 5.53 Å². The van der Waals surface area contributed by atoms with Crippen molar-refractivity contribution in [1.29, 1.82) is 0 Å². The summed E-state index contributed by atoms with van der Waals surface area (Å²) in [6.45, 7) is 0.284. The molecule has 0 aromatic carbocycles. The van der Waals surface area contributed by atoms with E-state index in [1.165, 1.54) is 23.4 Å². The third-order valence-corrected chi connectivity index (χ3v) is 2.10. The molecule has 0 fully saturated rings. The van der Waals surface area contributed by atoms with Crippen molar-refractivity contribution < 1.29 is 19.7 Å². The molecule has 8 nitrogen and oxygen atoms in total. The van der Waals surface area contributed by atoms with Crippen LogP contribution in [0.5, 0.6) is 0 Å². The van der Waals surface area contributed by atoms with E-state index in [4.69, 9.17) is 14.9 Å². The zero-order valence-electron chi connectivity index (χ0n) is 9.20. The normalized spacial score (nSPS) is 15.8. The van der Waals surface area contributed by atoms with Crippen LogP contribution < -0.4 is 0 Å². The highest BCUT2D eigenvalue weighted by atomic mass is 16.6. The average Bonchev–Trinajstić information content (AvgIpc) is 2.70. The minimum atomic E-state index is -1.30. The van der Waals surface area contributed by atoms with Crippen LogP contribution in [0.3, 0.4) is 0 Å². The topological polar surface area (TPSA) is 99.7 Å². The van der Waals surface area contributed by atoms with E-state index >= 15 is 0 Å². The Morgan fingerprint density at radius 1 is 1.56 bits per heavy atom. The van der Waals surface area contributed by atoms with E-state index in [9.17, 15) is 4.79 Å². The monoisotopic (exact) mass is 231 g/mol. The zero-order chi connectivity index (χ0) is 12.2. The van der Waals surface area contributed by atoms with E-state index < -0.39 is 24.6 Å². The number of ether oxygens (including phenoxy) is 1. The van der Waals surface area contributed by atoms with Gasteiger partial charge in [0.05, 0.1) is 19.6 Å². The van der Waals surface area contributed by atoms with Gasteiger partial charge in [0.1, 0.15) is 5.41 Å². The summed E-state index contributed by atoms with van der Waals surface area (Å²) in [5.41, 5.74) is 2.54. The van der Waals surface area contributed by atoms with Gasteiger partial charge < -0.3 is 30.6 Å². The lowest BCUT2D eigenvalue weighted by molar-refractivity contribution is -0.164. The Morgan fingerprint density at radius 2 is 2.19 bits per heavy atom. The maximum Gasteiger partial charge on any atom is 0.318 e. The van der Waals surface area contributed by atoms with Gasteiger partial charge in [-0.2, -0.15) is 5.10 Å². The highest BCUT2D eigenvalue weighted by Gasteiger charge is 2.33. The van der Waals surface area contributed by atoms with E-state index in [1.54, 1.807) is 7.05 Å². The molecule has 0 aromatic rings. The zero-order valence-corrected chi connectivity index (χ0v) is 9.20. The van der Waals surface area contributed by atoms with Gasteiger partial charge in [-0.15, -0.1) is 0 Å². The summed E-state index contributed by atoms with van der Waals surface area (Å²) >= 11 is 0. The first-order chi connectivity index (χ1) is 7.51. The van der Waals surface area contributed by atoms with Gasteiger partial charge in [-0.25, -0.2) is 0 Å². The van der Waals surface area contributed by atoms with E-state index in [0.29, 0.717) is 0 Å². The lowest BCUT2D eigenvalue weighted by atomic mass is 9.93. The number of aliphatic hydroxyl groups excluding tert-OH is 2. The van der Waals surface area contributed by atoms with Crippen molar-refractivity contribution in [2.75, 3.05) is 27.0 Å². The number of rotatable bonds is 5. The highest BCUT2D eigenvalue weighted by molar-refractivity contribution is 5.76. The first-order valence-electron chi connectivity index (χ1n) is 4.67. The number of hydrazone groups is 1. The van der Waals surface area contributed by atoms with Gasteiger partial charge in [0.15, 0.2) is 6.73 Å². The predicted octanol–water partition coefficient (Wildman–Crippen LogP) is -1.13. The van der Waals surface area contributed by atoms with Crippen LogP contribution in [0, 0.1) is 5.41 Å². The summed E-state index contributed by atoms with van der Waals surface area (Å²) in [4.78, 5) is 11.5. The third kappa shape index (κ3) is 2.81. The number of hydrogen-bond donors (Lipinski definition) is 2. The maximum atomic E-state index is 11.5. The minimum absolute atomic E-state index is 0.157. The summed E-state index contributed by atoms with van der Waals surface area (Å²) in [6, 6.07) is 0. The molecule has 0 radical (unpaired) electrons. The fourth-order valence-corrected chi connectivity index (χ4v) is 0.872. The van der Waals surface area contributed by atoms with E-state index in [-0.39, 0.29) is 6.73 Å². The minimum Gasteiger partial charge on any atom is -0.453 e. The quantitative estimate of drug-likeness (QED) is 0.581. The van der Waals surface area contributed by atoms with Gasteiger partial charge >= 0.3 is 5.97 Å². The first-order valence-corrected chi connectivity index (χ1v) is 4.67. The largest absolute Gasteiger partial charge is 0.453 e. The number of carbonyl (C=O) groups is 1. The fraction of sp³-hybridized carbons (Fsp3) is 0.750. The Labute approximate surface area is 93.0 Å². The molecule has 0 spiro atoms. The van der Waals surface area contributed by atoms with Crippen LogP contribution in [0.15, 0.2) is 5.10 Å². The van der Waals surface area contributed by atoms with Crippen LogP contribution >= 0.6 is 0 Å². The van der Waals surface area contributed by atoms with Gasteiger partial charge in [-0.1, -0.05) is 0 Å². The first kappa shape index (κ1) is 12.7. The molecule has 1 rings (SSSR count). The Morgan fingerprint density at radius 3 is 2.62 bits per heavy atom. The molecule has 0 saturated heterocycles. The Hall–Kier alpha value is -1.38. The van der Waals surface area contributed by atoms with Gasteiger partial charge in [0, 0.05) is 0 Å². The molecule has 0 amide bonds. The molecule has 8 heteroatoms. The number of nitrogens with zero attached hydrogens (tertiary/aromatic N) is 4. The van der Waals surface area contributed by atoms with Crippen molar-refractivity contribution in [2.24, 2.45) is 10.5 Å². The second kappa shape index (κ2) is 5.10. The molecule has 2 N–H and O–H groups in total. The van der Waals surface area contributed by atoms with Crippen molar-refractivity contribution in [3.63, 3.8) is 0 Å². The molecule has 1 heterocycles. The third-order valence-electron chi connectivity index (χ3n) is 2.10. The summed E-state index contributed by atoms with van der Waals surface area (Å²) in [5, 5.41) is 24.3. The lowest BCUT2D eigenvalue weighted by Crippen LogP contribution is -2.38. The molecule has 0 atom stereocenters. The summed E-state index contributed by atoms with van der Waals surface area (Å²) < 4.78 is 4.85. The molecule has 0 bridgehead atoms. The van der Waals surface area contributed by atoms with E-state index in [0.717, 1.165) is 0 Å². The van der Waals surface area contributed by atoms with Crippen LogP contribution in [0.25, 0.3) is 5.53 Å². The van der Waals surface area contributed by atoms with Crippen LogP contribution in [0.1, 0.15) is 6.92 Å². The smallest absolute Gasteiger partial charge is 0.318 e. The standard InChI is InChI=1S/C8H15N4O4/c1-8(3-13,4-14)7(15)16-6-12-9-5-11(2)10-12/h5,13-14H,3-4,6H2,1-2H3/q-1. The maximum absolute atomic E-state index is 11.5. The Balaban J connectivity index is 2.38. The number of esters is 1. The van der Waals surface area contributed by atoms with Crippen LogP contribution in [-0.2, 0) is 9.53 Å². The summed E-state index contributed by atoms with van der Waals surface area (Å²) in [6.07, 6.45) is 1.45. The van der Waals surface area contributed by atoms with E-state index in [1.807, 2.05) is 0 Å². The van der Waals surface area contributed by atoms with Gasteiger partial charge in [-0.05, 0) is 14.0 Å².